The zero-order valence-electron chi connectivity index (χ0n) is 10.2. The molecule has 0 amide bonds. The average Bonchev–Trinajstić information content (AvgIpc) is 2.85. The molecule has 1 atom stereocenters. The van der Waals surface area contributed by atoms with Gasteiger partial charge in [0.15, 0.2) is 4.67 Å². The largest absolute Gasteiger partial charge is 0.452 e. The standard InChI is InChI=1S/C16H13BrO2/c17-16-8-7-15(19-16)14(18)10-11-5-6-12-3-1-2-4-13(12)9-11/h1-9,14,18H,10H2. The molecule has 0 bridgehead atoms. The van der Waals surface area contributed by atoms with Crippen LogP contribution in [-0.2, 0) is 6.42 Å². The number of aliphatic hydroxyl groups excluding tert-OH is 1. The van der Waals surface area contributed by atoms with Gasteiger partial charge in [-0.15, -0.1) is 0 Å². The van der Waals surface area contributed by atoms with Crippen LogP contribution in [0.5, 0.6) is 0 Å². The van der Waals surface area contributed by atoms with Gasteiger partial charge in [0.05, 0.1) is 0 Å². The maximum absolute atomic E-state index is 10.1. The first-order valence-corrected chi connectivity index (χ1v) is 6.92. The van der Waals surface area contributed by atoms with Crippen LogP contribution in [0.2, 0.25) is 0 Å². The van der Waals surface area contributed by atoms with E-state index in [9.17, 15) is 5.11 Å². The molecule has 19 heavy (non-hydrogen) atoms. The highest BCUT2D eigenvalue weighted by molar-refractivity contribution is 9.10. The summed E-state index contributed by atoms with van der Waals surface area (Å²) in [5, 5.41) is 12.5. The molecule has 0 aliphatic rings. The Morgan fingerprint density at radius 1 is 1.00 bits per heavy atom. The third-order valence-corrected chi connectivity index (χ3v) is 3.59. The number of furan rings is 1. The zero-order chi connectivity index (χ0) is 13.2. The lowest BCUT2D eigenvalue weighted by Crippen LogP contribution is -2.00. The Balaban J connectivity index is 1.84. The molecule has 2 nitrogen and oxygen atoms in total. The minimum Gasteiger partial charge on any atom is -0.452 e. The number of fused-ring (bicyclic) bond motifs is 1. The number of aliphatic hydroxyl groups is 1. The molecule has 0 saturated heterocycles. The SMILES string of the molecule is OC(Cc1ccc2ccccc2c1)c1ccc(Br)o1. The number of hydrogen-bond acceptors (Lipinski definition) is 2. The van der Waals surface area contributed by atoms with Crippen LogP contribution >= 0.6 is 15.9 Å². The van der Waals surface area contributed by atoms with Gasteiger partial charge >= 0.3 is 0 Å². The summed E-state index contributed by atoms with van der Waals surface area (Å²) in [5.41, 5.74) is 1.10. The Labute approximate surface area is 119 Å². The van der Waals surface area contributed by atoms with Crippen LogP contribution in [-0.4, -0.2) is 5.11 Å². The van der Waals surface area contributed by atoms with E-state index in [0.29, 0.717) is 16.9 Å². The normalized spacial score (nSPS) is 12.7. The quantitative estimate of drug-likeness (QED) is 0.773. The lowest BCUT2D eigenvalue weighted by atomic mass is 10.0. The average molecular weight is 317 g/mol. The summed E-state index contributed by atoms with van der Waals surface area (Å²) < 4.78 is 6.01. The maximum Gasteiger partial charge on any atom is 0.169 e. The van der Waals surface area contributed by atoms with E-state index in [0.717, 1.165) is 5.56 Å². The lowest BCUT2D eigenvalue weighted by molar-refractivity contribution is 0.149. The van der Waals surface area contributed by atoms with Crippen molar-refractivity contribution in [2.75, 3.05) is 0 Å². The second-order valence-corrected chi connectivity index (χ2v) is 5.32. The van der Waals surface area contributed by atoms with Crippen LogP contribution in [0, 0.1) is 0 Å². The van der Waals surface area contributed by atoms with Crippen LogP contribution in [0.25, 0.3) is 10.8 Å². The van der Waals surface area contributed by atoms with Crippen molar-refractivity contribution in [3.8, 4) is 0 Å². The van der Waals surface area contributed by atoms with Crippen LogP contribution in [0.3, 0.4) is 0 Å². The highest BCUT2D eigenvalue weighted by Gasteiger charge is 2.12. The summed E-state index contributed by atoms with van der Waals surface area (Å²) in [6.45, 7) is 0. The first-order chi connectivity index (χ1) is 9.22. The van der Waals surface area contributed by atoms with Gasteiger partial charge < -0.3 is 9.52 Å². The molecule has 3 aromatic rings. The van der Waals surface area contributed by atoms with E-state index in [1.807, 2.05) is 18.2 Å². The van der Waals surface area contributed by atoms with Crippen molar-refractivity contribution in [1.82, 2.24) is 0 Å². The van der Waals surface area contributed by atoms with Crippen LogP contribution in [0.4, 0.5) is 0 Å². The molecule has 3 heteroatoms. The molecule has 0 aliphatic carbocycles. The zero-order valence-corrected chi connectivity index (χ0v) is 11.8. The van der Waals surface area contributed by atoms with Crippen molar-refractivity contribution in [1.29, 1.82) is 0 Å². The molecule has 0 saturated carbocycles. The summed E-state index contributed by atoms with van der Waals surface area (Å²) >= 11 is 3.24. The molecule has 2 aromatic carbocycles. The van der Waals surface area contributed by atoms with Crippen LogP contribution < -0.4 is 0 Å². The van der Waals surface area contributed by atoms with E-state index in [2.05, 4.69) is 40.2 Å². The van der Waals surface area contributed by atoms with Crippen molar-refractivity contribution in [2.45, 2.75) is 12.5 Å². The molecule has 0 aliphatic heterocycles. The Morgan fingerprint density at radius 2 is 1.79 bits per heavy atom. The fourth-order valence-corrected chi connectivity index (χ4v) is 2.52. The summed E-state index contributed by atoms with van der Waals surface area (Å²) in [6, 6.07) is 18.0. The molecule has 0 radical (unpaired) electrons. The highest BCUT2D eigenvalue weighted by Crippen LogP contribution is 2.24. The molecule has 1 N–H and O–H groups in total. The monoisotopic (exact) mass is 316 g/mol. The summed E-state index contributed by atoms with van der Waals surface area (Å²) in [7, 11) is 0. The fraction of sp³-hybridized carbons (Fsp3) is 0.125. The number of benzene rings is 2. The molecule has 1 unspecified atom stereocenters. The predicted molar refractivity (Wildman–Crippen MR) is 79.0 cm³/mol. The fourth-order valence-electron chi connectivity index (χ4n) is 2.20. The molecule has 3 rings (SSSR count). The van der Waals surface area contributed by atoms with Crippen molar-refractivity contribution in [2.24, 2.45) is 0 Å². The first-order valence-electron chi connectivity index (χ1n) is 6.13. The Morgan fingerprint density at radius 3 is 2.53 bits per heavy atom. The number of halogens is 1. The second-order valence-electron chi connectivity index (χ2n) is 4.54. The van der Waals surface area contributed by atoms with Gasteiger partial charge in [0.25, 0.3) is 0 Å². The third kappa shape index (κ3) is 2.72. The van der Waals surface area contributed by atoms with Gasteiger partial charge in [0, 0.05) is 6.42 Å². The number of rotatable bonds is 3. The van der Waals surface area contributed by atoms with Crippen molar-refractivity contribution in [3.05, 3.63) is 70.6 Å². The molecule has 1 heterocycles. The van der Waals surface area contributed by atoms with E-state index in [-0.39, 0.29) is 0 Å². The van der Waals surface area contributed by atoms with Crippen LogP contribution in [0.1, 0.15) is 17.4 Å². The predicted octanol–water partition coefficient (Wildman–Crippen LogP) is 4.47. The molecule has 0 fully saturated rings. The minimum absolute atomic E-state index is 0.546. The van der Waals surface area contributed by atoms with Gasteiger partial charge in [-0.1, -0.05) is 42.5 Å². The van der Waals surface area contributed by atoms with Gasteiger partial charge in [0.2, 0.25) is 0 Å². The molecule has 1 aromatic heterocycles. The molecular formula is C16H13BrO2. The van der Waals surface area contributed by atoms with Gasteiger partial charge in [-0.2, -0.15) is 0 Å². The smallest absolute Gasteiger partial charge is 0.169 e. The van der Waals surface area contributed by atoms with Crippen molar-refractivity contribution < 1.29 is 9.52 Å². The number of hydrogen-bond donors (Lipinski definition) is 1. The lowest BCUT2D eigenvalue weighted by Gasteiger charge is -2.08. The Bertz CT molecular complexity index is 703. The summed E-state index contributed by atoms with van der Waals surface area (Å²) in [4.78, 5) is 0. The maximum atomic E-state index is 10.1. The van der Waals surface area contributed by atoms with Gasteiger partial charge in [-0.05, 0) is 44.4 Å². The first kappa shape index (κ1) is 12.5. The molecule has 0 spiro atoms. The Hall–Kier alpha value is -1.58. The molecular weight excluding hydrogens is 304 g/mol. The summed E-state index contributed by atoms with van der Waals surface area (Å²) in [5.74, 6) is 0.583. The van der Waals surface area contributed by atoms with Crippen LogP contribution in [0.15, 0.2) is 63.7 Å². The van der Waals surface area contributed by atoms with Crippen molar-refractivity contribution in [3.63, 3.8) is 0 Å². The van der Waals surface area contributed by atoms with Gasteiger partial charge in [0.1, 0.15) is 11.9 Å². The highest BCUT2D eigenvalue weighted by atomic mass is 79.9. The van der Waals surface area contributed by atoms with E-state index < -0.39 is 6.10 Å². The van der Waals surface area contributed by atoms with E-state index in [1.54, 1.807) is 12.1 Å². The van der Waals surface area contributed by atoms with Gasteiger partial charge in [-0.3, -0.25) is 0 Å². The summed E-state index contributed by atoms with van der Waals surface area (Å²) in [6.07, 6.45) is -0.0717. The van der Waals surface area contributed by atoms with Gasteiger partial charge in [-0.25, -0.2) is 0 Å². The Kier molecular flexibility index (Phi) is 3.40. The van der Waals surface area contributed by atoms with Crippen molar-refractivity contribution >= 4 is 26.7 Å². The third-order valence-electron chi connectivity index (χ3n) is 3.17. The van der Waals surface area contributed by atoms with E-state index in [4.69, 9.17) is 4.42 Å². The minimum atomic E-state index is -0.618. The topological polar surface area (TPSA) is 33.4 Å². The molecule has 96 valence electrons. The van der Waals surface area contributed by atoms with E-state index >= 15 is 0 Å². The second kappa shape index (κ2) is 5.19. The van der Waals surface area contributed by atoms with E-state index in [1.165, 1.54) is 10.8 Å².